The number of nitrogens with zero attached hydrogens (tertiary/aromatic N) is 2. The molecular formula is C14H23N3O. The van der Waals surface area contributed by atoms with Gasteiger partial charge in [-0.2, -0.15) is 0 Å². The van der Waals surface area contributed by atoms with Gasteiger partial charge >= 0.3 is 0 Å². The Balaban J connectivity index is 2.03. The van der Waals surface area contributed by atoms with E-state index in [-0.39, 0.29) is 0 Å². The zero-order chi connectivity index (χ0) is 12.8. The van der Waals surface area contributed by atoms with Gasteiger partial charge in [0.15, 0.2) is 5.82 Å². The number of rotatable bonds is 8. The molecule has 1 N–H and O–H groups in total. The van der Waals surface area contributed by atoms with Crippen LogP contribution in [0.5, 0.6) is 0 Å². The quantitative estimate of drug-likeness (QED) is 0.719. The van der Waals surface area contributed by atoms with Gasteiger partial charge in [0.05, 0.1) is 0 Å². The summed E-state index contributed by atoms with van der Waals surface area (Å²) in [6.07, 6.45) is 4.66. The van der Waals surface area contributed by atoms with Gasteiger partial charge in [-0.05, 0) is 25.7 Å². The molecule has 1 aliphatic rings. The van der Waals surface area contributed by atoms with E-state index in [9.17, 15) is 0 Å². The summed E-state index contributed by atoms with van der Waals surface area (Å²) in [5, 5.41) is 3.34. The molecule has 2 rings (SSSR count). The predicted octanol–water partition coefficient (Wildman–Crippen LogP) is 3.10. The third-order valence-electron chi connectivity index (χ3n) is 2.92. The first-order chi connectivity index (χ1) is 8.83. The summed E-state index contributed by atoms with van der Waals surface area (Å²) in [5.41, 5.74) is 1.18. The Hall–Kier alpha value is -1.16. The molecule has 1 saturated carbocycles. The van der Waals surface area contributed by atoms with Crippen LogP contribution in [-0.4, -0.2) is 23.1 Å². The zero-order valence-electron chi connectivity index (χ0n) is 11.4. The van der Waals surface area contributed by atoms with Crippen molar-refractivity contribution in [3.05, 3.63) is 17.6 Å². The highest BCUT2D eigenvalue weighted by Gasteiger charge is 2.26. The lowest BCUT2D eigenvalue weighted by Gasteiger charge is -2.09. The first-order valence-electron chi connectivity index (χ1n) is 7.03. The van der Waals surface area contributed by atoms with Crippen molar-refractivity contribution in [1.29, 1.82) is 0 Å². The molecule has 0 unspecified atom stereocenters. The Labute approximate surface area is 109 Å². The molecule has 1 fully saturated rings. The van der Waals surface area contributed by atoms with Gasteiger partial charge in [0.25, 0.3) is 0 Å². The molecule has 1 aliphatic carbocycles. The fraction of sp³-hybridized carbons (Fsp3) is 0.714. The number of aromatic nitrogens is 2. The van der Waals surface area contributed by atoms with Crippen LogP contribution in [0.1, 0.15) is 57.0 Å². The maximum absolute atomic E-state index is 5.53. The van der Waals surface area contributed by atoms with Crippen molar-refractivity contribution in [3.63, 3.8) is 0 Å². The van der Waals surface area contributed by atoms with Crippen LogP contribution in [-0.2, 0) is 11.3 Å². The molecule has 0 atom stereocenters. The molecule has 0 aromatic carbocycles. The highest BCUT2D eigenvalue weighted by atomic mass is 16.5. The Morgan fingerprint density at radius 3 is 2.78 bits per heavy atom. The molecule has 4 nitrogen and oxygen atoms in total. The summed E-state index contributed by atoms with van der Waals surface area (Å²) >= 11 is 0. The van der Waals surface area contributed by atoms with Gasteiger partial charge in [-0.3, -0.25) is 0 Å². The maximum Gasteiger partial charge on any atom is 0.156 e. The van der Waals surface area contributed by atoms with Crippen LogP contribution in [0, 0.1) is 0 Å². The second-order valence-corrected chi connectivity index (χ2v) is 4.85. The normalized spacial score (nSPS) is 14.8. The number of nitrogens with one attached hydrogen (secondary N) is 1. The van der Waals surface area contributed by atoms with Crippen LogP contribution in [0.2, 0.25) is 0 Å². The maximum atomic E-state index is 5.53. The summed E-state index contributed by atoms with van der Waals surface area (Å²) < 4.78 is 5.53. The van der Waals surface area contributed by atoms with Crippen molar-refractivity contribution in [2.24, 2.45) is 0 Å². The molecule has 0 bridgehead atoms. The van der Waals surface area contributed by atoms with Crippen LogP contribution in [0.25, 0.3) is 0 Å². The van der Waals surface area contributed by atoms with Gasteiger partial charge in [0.1, 0.15) is 12.4 Å². The number of ether oxygens (including phenoxy) is 1. The summed E-state index contributed by atoms with van der Waals surface area (Å²) in [7, 11) is 0. The molecule has 0 amide bonds. The highest BCUT2D eigenvalue weighted by Crippen LogP contribution is 2.39. The molecule has 0 aliphatic heterocycles. The van der Waals surface area contributed by atoms with E-state index in [4.69, 9.17) is 4.74 Å². The van der Waals surface area contributed by atoms with Crippen molar-refractivity contribution in [2.45, 2.75) is 52.1 Å². The topological polar surface area (TPSA) is 47.0 Å². The second kappa shape index (κ2) is 6.69. The average Bonchev–Trinajstić information content (AvgIpc) is 3.21. The van der Waals surface area contributed by atoms with E-state index >= 15 is 0 Å². The standard InChI is InChI=1S/C14H23N3O/c1-3-7-15-13-9-12(11-5-6-11)16-14(17-13)10-18-8-4-2/h9,11H,3-8,10H2,1-2H3,(H,15,16,17). The van der Waals surface area contributed by atoms with Gasteiger partial charge in [0.2, 0.25) is 0 Å². The van der Waals surface area contributed by atoms with Gasteiger partial charge in [-0.15, -0.1) is 0 Å². The minimum absolute atomic E-state index is 0.523. The lowest BCUT2D eigenvalue weighted by Crippen LogP contribution is -2.08. The molecule has 4 heteroatoms. The van der Waals surface area contributed by atoms with E-state index in [1.165, 1.54) is 18.5 Å². The smallest absolute Gasteiger partial charge is 0.156 e. The fourth-order valence-corrected chi connectivity index (χ4v) is 1.82. The molecule has 0 radical (unpaired) electrons. The minimum Gasteiger partial charge on any atom is -0.373 e. The second-order valence-electron chi connectivity index (χ2n) is 4.85. The third kappa shape index (κ3) is 3.95. The van der Waals surface area contributed by atoms with Crippen LogP contribution < -0.4 is 5.32 Å². The molecule has 0 saturated heterocycles. The van der Waals surface area contributed by atoms with E-state index in [0.29, 0.717) is 12.5 Å². The first kappa shape index (κ1) is 13.3. The van der Waals surface area contributed by atoms with Crippen LogP contribution >= 0.6 is 0 Å². The van der Waals surface area contributed by atoms with Crippen LogP contribution in [0.15, 0.2) is 6.07 Å². The molecule has 1 aromatic heterocycles. The minimum atomic E-state index is 0.523. The Bertz CT molecular complexity index is 377. The van der Waals surface area contributed by atoms with E-state index in [0.717, 1.165) is 37.6 Å². The molecule has 1 heterocycles. The Morgan fingerprint density at radius 2 is 2.11 bits per heavy atom. The van der Waals surface area contributed by atoms with Gasteiger partial charge in [0, 0.05) is 30.8 Å². The van der Waals surface area contributed by atoms with Crippen LogP contribution in [0.4, 0.5) is 5.82 Å². The Kier molecular flexibility index (Phi) is 4.93. The molecule has 1 aromatic rings. The first-order valence-corrected chi connectivity index (χ1v) is 7.03. The largest absolute Gasteiger partial charge is 0.373 e. The van der Waals surface area contributed by atoms with E-state index < -0.39 is 0 Å². The summed E-state index contributed by atoms with van der Waals surface area (Å²) in [6.45, 7) is 6.51. The Morgan fingerprint density at radius 1 is 1.28 bits per heavy atom. The molecular weight excluding hydrogens is 226 g/mol. The predicted molar refractivity (Wildman–Crippen MR) is 72.7 cm³/mol. The van der Waals surface area contributed by atoms with Crippen molar-refractivity contribution < 1.29 is 4.74 Å². The SMILES string of the molecule is CCCNc1cc(C2CC2)nc(COCCC)n1. The highest BCUT2D eigenvalue weighted by molar-refractivity contribution is 5.38. The van der Waals surface area contributed by atoms with Crippen molar-refractivity contribution in [3.8, 4) is 0 Å². The zero-order valence-corrected chi connectivity index (χ0v) is 11.4. The fourth-order valence-electron chi connectivity index (χ4n) is 1.82. The number of anilines is 1. The van der Waals surface area contributed by atoms with E-state index in [2.05, 4.69) is 35.2 Å². The number of hydrogen-bond acceptors (Lipinski definition) is 4. The summed E-state index contributed by atoms with van der Waals surface area (Å²) in [4.78, 5) is 9.10. The lowest BCUT2D eigenvalue weighted by atomic mass is 10.2. The van der Waals surface area contributed by atoms with Crippen molar-refractivity contribution >= 4 is 5.82 Å². The summed E-state index contributed by atoms with van der Waals surface area (Å²) in [5.74, 6) is 2.41. The van der Waals surface area contributed by atoms with Crippen LogP contribution in [0.3, 0.4) is 0 Å². The lowest BCUT2D eigenvalue weighted by molar-refractivity contribution is 0.116. The average molecular weight is 249 g/mol. The number of hydrogen-bond donors (Lipinski definition) is 1. The van der Waals surface area contributed by atoms with Gasteiger partial charge < -0.3 is 10.1 Å². The monoisotopic (exact) mass is 249 g/mol. The third-order valence-corrected chi connectivity index (χ3v) is 2.92. The van der Waals surface area contributed by atoms with Gasteiger partial charge in [-0.1, -0.05) is 13.8 Å². The van der Waals surface area contributed by atoms with Crippen molar-refractivity contribution in [2.75, 3.05) is 18.5 Å². The van der Waals surface area contributed by atoms with E-state index in [1.54, 1.807) is 0 Å². The van der Waals surface area contributed by atoms with Gasteiger partial charge in [-0.25, -0.2) is 9.97 Å². The molecule has 100 valence electrons. The molecule has 18 heavy (non-hydrogen) atoms. The summed E-state index contributed by atoms with van der Waals surface area (Å²) in [6, 6.07) is 2.09. The van der Waals surface area contributed by atoms with Crippen molar-refractivity contribution in [1.82, 2.24) is 9.97 Å². The molecule has 0 spiro atoms. The van der Waals surface area contributed by atoms with E-state index in [1.807, 2.05) is 0 Å².